The highest BCUT2D eigenvalue weighted by molar-refractivity contribution is 4.88. The predicted octanol–water partition coefficient (Wildman–Crippen LogP) is 3.52. The van der Waals surface area contributed by atoms with Gasteiger partial charge in [0.2, 0.25) is 0 Å². The minimum atomic E-state index is 0.740. The van der Waals surface area contributed by atoms with Crippen molar-refractivity contribution in [2.75, 3.05) is 20.1 Å². The Morgan fingerprint density at radius 1 is 1.16 bits per heavy atom. The summed E-state index contributed by atoms with van der Waals surface area (Å²) in [4.78, 5) is 2.68. The fourth-order valence-electron chi connectivity index (χ4n) is 4.22. The molecule has 2 rings (SSSR count). The second-order valence-electron chi connectivity index (χ2n) is 7.48. The van der Waals surface area contributed by atoms with Crippen molar-refractivity contribution in [1.82, 2.24) is 10.2 Å². The summed E-state index contributed by atoms with van der Waals surface area (Å²) in [5, 5.41) is 3.70. The maximum atomic E-state index is 3.70. The van der Waals surface area contributed by atoms with Crippen LogP contribution >= 0.6 is 0 Å². The molecular weight excluding hydrogens is 232 g/mol. The maximum Gasteiger partial charge on any atom is 0.0195 e. The van der Waals surface area contributed by atoms with Crippen molar-refractivity contribution in [2.24, 2.45) is 17.8 Å². The Balaban J connectivity index is 1.91. The third-order valence-corrected chi connectivity index (χ3v) is 5.47. The topological polar surface area (TPSA) is 15.3 Å². The summed E-state index contributed by atoms with van der Waals surface area (Å²) in [5.41, 5.74) is 0. The lowest BCUT2D eigenvalue weighted by Crippen LogP contribution is -2.50. The second-order valence-corrected chi connectivity index (χ2v) is 7.48. The highest BCUT2D eigenvalue weighted by atomic mass is 15.2. The molecule has 1 aliphatic carbocycles. The number of hydrogen-bond acceptors (Lipinski definition) is 2. The lowest BCUT2D eigenvalue weighted by Gasteiger charge is -2.44. The largest absolute Gasteiger partial charge is 0.313 e. The fraction of sp³-hybridized carbons (Fsp3) is 1.00. The first-order valence-corrected chi connectivity index (χ1v) is 8.51. The first-order chi connectivity index (χ1) is 9.08. The van der Waals surface area contributed by atoms with Gasteiger partial charge in [0.1, 0.15) is 0 Å². The van der Waals surface area contributed by atoms with E-state index in [0.717, 1.165) is 29.8 Å². The van der Waals surface area contributed by atoms with Gasteiger partial charge in [-0.25, -0.2) is 0 Å². The number of piperidine rings is 1. The second kappa shape index (κ2) is 7.08. The highest BCUT2D eigenvalue weighted by Crippen LogP contribution is 2.36. The zero-order valence-electron chi connectivity index (χ0n) is 13.5. The van der Waals surface area contributed by atoms with Gasteiger partial charge in [-0.1, -0.05) is 33.6 Å². The van der Waals surface area contributed by atoms with Crippen LogP contribution in [0.15, 0.2) is 0 Å². The van der Waals surface area contributed by atoms with Crippen LogP contribution in [0.3, 0.4) is 0 Å². The quantitative estimate of drug-likeness (QED) is 0.837. The van der Waals surface area contributed by atoms with E-state index in [-0.39, 0.29) is 0 Å². The van der Waals surface area contributed by atoms with Crippen molar-refractivity contribution < 1.29 is 0 Å². The average molecular weight is 266 g/mol. The molecule has 1 N–H and O–H groups in total. The lowest BCUT2D eigenvalue weighted by molar-refractivity contribution is 0.0688. The molecule has 2 fully saturated rings. The average Bonchev–Trinajstić information content (AvgIpc) is 2.39. The van der Waals surface area contributed by atoms with Crippen LogP contribution < -0.4 is 5.32 Å². The van der Waals surface area contributed by atoms with Gasteiger partial charge < -0.3 is 10.2 Å². The summed E-state index contributed by atoms with van der Waals surface area (Å²) in [6.07, 6.45) is 8.45. The van der Waals surface area contributed by atoms with Crippen LogP contribution in [-0.2, 0) is 0 Å². The van der Waals surface area contributed by atoms with Gasteiger partial charge in [0.15, 0.2) is 0 Å². The van der Waals surface area contributed by atoms with Gasteiger partial charge in [-0.3, -0.25) is 0 Å². The first kappa shape index (κ1) is 15.3. The van der Waals surface area contributed by atoms with Crippen LogP contribution in [-0.4, -0.2) is 37.1 Å². The Bertz CT molecular complexity index is 258. The molecule has 1 saturated heterocycles. The number of nitrogens with zero attached hydrogens (tertiary/aromatic N) is 1. The summed E-state index contributed by atoms with van der Waals surface area (Å²) < 4.78 is 0. The van der Waals surface area contributed by atoms with Crippen molar-refractivity contribution in [2.45, 2.75) is 71.4 Å². The molecule has 0 radical (unpaired) electrons. The third-order valence-electron chi connectivity index (χ3n) is 5.47. The maximum absolute atomic E-state index is 3.70. The van der Waals surface area contributed by atoms with E-state index in [1.807, 2.05) is 0 Å². The Hall–Kier alpha value is -0.0800. The number of nitrogens with one attached hydrogen (secondary N) is 1. The normalized spacial score (nSPS) is 36.9. The van der Waals surface area contributed by atoms with E-state index in [2.05, 4.69) is 38.0 Å². The van der Waals surface area contributed by atoms with E-state index in [0.29, 0.717) is 0 Å². The minimum Gasteiger partial charge on any atom is -0.313 e. The van der Waals surface area contributed by atoms with Gasteiger partial charge in [0.05, 0.1) is 0 Å². The lowest BCUT2D eigenvalue weighted by atomic mass is 9.73. The number of hydrogen-bond donors (Lipinski definition) is 1. The van der Waals surface area contributed by atoms with Crippen LogP contribution in [0, 0.1) is 17.8 Å². The Morgan fingerprint density at radius 3 is 2.58 bits per heavy atom. The van der Waals surface area contributed by atoms with Crippen LogP contribution in [0.4, 0.5) is 0 Å². The summed E-state index contributed by atoms with van der Waals surface area (Å²) in [6, 6.07) is 1.55. The summed E-state index contributed by atoms with van der Waals surface area (Å²) in [6.45, 7) is 9.75. The van der Waals surface area contributed by atoms with Gasteiger partial charge in [-0.15, -0.1) is 0 Å². The molecule has 2 nitrogen and oxygen atoms in total. The van der Waals surface area contributed by atoms with E-state index >= 15 is 0 Å². The smallest absolute Gasteiger partial charge is 0.0195 e. The monoisotopic (exact) mass is 266 g/mol. The van der Waals surface area contributed by atoms with E-state index in [1.165, 1.54) is 51.6 Å². The van der Waals surface area contributed by atoms with Crippen molar-refractivity contribution >= 4 is 0 Å². The molecule has 19 heavy (non-hydrogen) atoms. The van der Waals surface area contributed by atoms with Crippen molar-refractivity contribution in [3.63, 3.8) is 0 Å². The Kier molecular flexibility index (Phi) is 5.70. The number of rotatable bonds is 4. The fourth-order valence-corrected chi connectivity index (χ4v) is 4.22. The highest BCUT2D eigenvalue weighted by Gasteiger charge is 2.33. The zero-order chi connectivity index (χ0) is 13.8. The van der Waals surface area contributed by atoms with Crippen LogP contribution in [0.2, 0.25) is 0 Å². The van der Waals surface area contributed by atoms with Gasteiger partial charge in [-0.2, -0.15) is 0 Å². The first-order valence-electron chi connectivity index (χ1n) is 8.51. The molecule has 1 saturated carbocycles. The molecule has 0 aromatic heterocycles. The van der Waals surface area contributed by atoms with Crippen LogP contribution in [0.25, 0.3) is 0 Å². The molecule has 1 heterocycles. The summed E-state index contributed by atoms with van der Waals surface area (Å²) >= 11 is 0. The molecule has 2 aliphatic rings. The van der Waals surface area contributed by atoms with Crippen molar-refractivity contribution in [1.29, 1.82) is 0 Å². The zero-order valence-corrected chi connectivity index (χ0v) is 13.5. The van der Waals surface area contributed by atoms with Gasteiger partial charge in [0, 0.05) is 18.6 Å². The van der Waals surface area contributed by atoms with E-state index < -0.39 is 0 Å². The Morgan fingerprint density at radius 2 is 1.95 bits per heavy atom. The SMILES string of the molecule is CC1CCC(C(C)C)C(N(C)CC2CCCCN2)C1. The molecule has 4 unspecified atom stereocenters. The summed E-state index contributed by atoms with van der Waals surface area (Å²) in [7, 11) is 2.37. The molecule has 2 heteroatoms. The third kappa shape index (κ3) is 4.19. The van der Waals surface area contributed by atoms with Crippen molar-refractivity contribution in [3.05, 3.63) is 0 Å². The van der Waals surface area contributed by atoms with Gasteiger partial charge in [0.25, 0.3) is 0 Å². The Labute approximate surface area is 120 Å². The van der Waals surface area contributed by atoms with E-state index in [1.54, 1.807) is 0 Å². The molecule has 112 valence electrons. The molecular formula is C17H34N2. The van der Waals surface area contributed by atoms with Crippen LogP contribution in [0.1, 0.15) is 59.3 Å². The van der Waals surface area contributed by atoms with Crippen molar-refractivity contribution in [3.8, 4) is 0 Å². The van der Waals surface area contributed by atoms with E-state index in [4.69, 9.17) is 0 Å². The van der Waals surface area contributed by atoms with E-state index in [9.17, 15) is 0 Å². The van der Waals surface area contributed by atoms with Crippen LogP contribution in [0.5, 0.6) is 0 Å². The summed E-state index contributed by atoms with van der Waals surface area (Å²) in [5.74, 6) is 2.66. The molecule has 0 aromatic carbocycles. The molecule has 1 aliphatic heterocycles. The molecule has 0 amide bonds. The standard InChI is InChI=1S/C17H34N2/c1-13(2)16-9-8-14(3)11-17(16)19(4)12-15-7-5-6-10-18-15/h13-18H,5-12H2,1-4H3. The predicted molar refractivity (Wildman–Crippen MR) is 83.4 cm³/mol. The molecule has 0 bridgehead atoms. The molecule has 0 aromatic rings. The minimum absolute atomic E-state index is 0.740. The molecule has 0 spiro atoms. The molecule has 4 atom stereocenters. The van der Waals surface area contributed by atoms with Gasteiger partial charge in [-0.05, 0) is 57.0 Å². The number of likely N-dealkylation sites (N-methyl/N-ethyl adjacent to an activating group) is 1. The van der Waals surface area contributed by atoms with Gasteiger partial charge >= 0.3 is 0 Å².